The Labute approximate surface area is 195 Å². The summed E-state index contributed by atoms with van der Waals surface area (Å²) in [4.78, 5) is 16.9. The highest BCUT2D eigenvalue weighted by Gasteiger charge is 2.07. The van der Waals surface area contributed by atoms with E-state index in [-0.39, 0.29) is 0 Å². The zero-order valence-electron chi connectivity index (χ0n) is 18.0. The van der Waals surface area contributed by atoms with E-state index in [1.165, 1.54) is 0 Å². The van der Waals surface area contributed by atoms with Crippen LogP contribution in [0, 0.1) is 0 Å². The van der Waals surface area contributed by atoms with Crippen molar-refractivity contribution in [3.8, 4) is 22.8 Å². The van der Waals surface area contributed by atoms with Crippen molar-refractivity contribution < 1.29 is 0 Å². The molecule has 0 amide bonds. The van der Waals surface area contributed by atoms with E-state index in [4.69, 9.17) is 0 Å². The second-order valence-electron chi connectivity index (χ2n) is 7.22. The van der Waals surface area contributed by atoms with Crippen molar-refractivity contribution >= 4 is 23.8 Å². The zero-order valence-corrected chi connectivity index (χ0v) is 18.0. The van der Waals surface area contributed by atoms with Gasteiger partial charge in [-0.3, -0.25) is 20.0 Å². The summed E-state index contributed by atoms with van der Waals surface area (Å²) in [6.07, 6.45) is 10.5. The Morgan fingerprint density at radius 1 is 0.441 bits per heavy atom. The quantitative estimate of drug-likeness (QED) is 0.347. The van der Waals surface area contributed by atoms with Crippen LogP contribution in [0.25, 0.3) is 22.8 Å². The maximum atomic E-state index is 4.46. The molecule has 34 heavy (non-hydrogen) atoms. The Balaban J connectivity index is 1.25. The third-order valence-corrected chi connectivity index (χ3v) is 4.87. The molecule has 8 heteroatoms. The Hall–Kier alpha value is -4.98. The molecule has 3 aromatic heterocycles. The van der Waals surface area contributed by atoms with Crippen molar-refractivity contribution in [2.24, 2.45) is 9.98 Å². The lowest BCUT2D eigenvalue weighted by Gasteiger charge is -2.02. The summed E-state index contributed by atoms with van der Waals surface area (Å²) >= 11 is 0. The van der Waals surface area contributed by atoms with Crippen LogP contribution in [0.15, 0.2) is 108 Å². The molecule has 0 atom stereocenters. The monoisotopic (exact) mass is 442 g/mol. The van der Waals surface area contributed by atoms with E-state index in [0.29, 0.717) is 11.6 Å². The van der Waals surface area contributed by atoms with E-state index in [1.54, 1.807) is 37.2 Å². The Morgan fingerprint density at radius 3 is 1.15 bits per heavy atom. The van der Waals surface area contributed by atoms with Crippen molar-refractivity contribution in [2.45, 2.75) is 0 Å². The number of aromatic nitrogens is 6. The minimum Gasteiger partial charge on any atom is -0.265 e. The Kier molecular flexibility index (Phi) is 6.20. The highest BCUT2D eigenvalue weighted by molar-refractivity contribution is 5.82. The minimum absolute atomic E-state index is 0.451. The molecular weight excluding hydrogens is 424 g/mol. The molecule has 0 radical (unpaired) electrons. The molecule has 0 bridgehead atoms. The molecule has 3 heterocycles. The van der Waals surface area contributed by atoms with Gasteiger partial charge in [-0.15, -0.1) is 20.4 Å². The van der Waals surface area contributed by atoms with E-state index in [9.17, 15) is 0 Å². The fourth-order valence-corrected chi connectivity index (χ4v) is 3.05. The molecule has 5 rings (SSSR count). The average Bonchev–Trinajstić information content (AvgIpc) is 2.93. The normalized spacial score (nSPS) is 11.3. The second-order valence-corrected chi connectivity index (χ2v) is 7.22. The van der Waals surface area contributed by atoms with Crippen LogP contribution >= 0.6 is 0 Å². The smallest absolute Gasteiger partial charge is 0.203 e. The first-order valence-electron chi connectivity index (χ1n) is 10.5. The predicted octanol–water partition coefficient (Wildman–Crippen LogP) is 4.89. The second kappa shape index (κ2) is 10.1. The van der Waals surface area contributed by atoms with Crippen molar-refractivity contribution in [3.05, 3.63) is 109 Å². The molecule has 162 valence electrons. The Bertz CT molecular complexity index is 1290. The van der Waals surface area contributed by atoms with Gasteiger partial charge >= 0.3 is 0 Å². The molecule has 5 aromatic rings. The molecule has 0 saturated carbocycles. The number of hydrogen-bond acceptors (Lipinski definition) is 8. The summed E-state index contributed by atoms with van der Waals surface area (Å²) in [5.41, 5.74) is 5.25. The number of pyridine rings is 2. The first-order chi connectivity index (χ1) is 16.8. The fourth-order valence-electron chi connectivity index (χ4n) is 3.05. The van der Waals surface area contributed by atoms with Gasteiger partial charge in [0, 0.05) is 48.3 Å². The molecule has 8 nitrogen and oxygen atoms in total. The summed E-state index contributed by atoms with van der Waals surface area (Å²) in [5.74, 6) is 0.902. The molecule has 0 N–H and O–H groups in total. The number of hydrogen-bond donors (Lipinski definition) is 0. The van der Waals surface area contributed by atoms with Crippen LogP contribution in [0.5, 0.6) is 0 Å². The van der Waals surface area contributed by atoms with Crippen LogP contribution in [0.4, 0.5) is 11.4 Å². The highest BCUT2D eigenvalue weighted by atomic mass is 15.3. The van der Waals surface area contributed by atoms with Crippen LogP contribution in [-0.2, 0) is 0 Å². The first-order valence-corrected chi connectivity index (χ1v) is 10.5. The highest BCUT2D eigenvalue weighted by Crippen LogP contribution is 2.21. The van der Waals surface area contributed by atoms with Gasteiger partial charge in [-0.05, 0) is 83.9 Å². The molecule has 0 aliphatic carbocycles. The van der Waals surface area contributed by atoms with Crippen LogP contribution in [-0.4, -0.2) is 42.8 Å². The number of aliphatic imine (C=N–C) groups is 2. The van der Waals surface area contributed by atoms with Gasteiger partial charge in [-0.25, -0.2) is 0 Å². The average molecular weight is 442 g/mol. The molecular formula is C26H18N8. The van der Waals surface area contributed by atoms with Gasteiger partial charge in [0.2, 0.25) is 11.6 Å². The minimum atomic E-state index is 0.451. The van der Waals surface area contributed by atoms with Crippen molar-refractivity contribution in [3.63, 3.8) is 0 Å². The topological polar surface area (TPSA) is 102 Å². The summed E-state index contributed by atoms with van der Waals surface area (Å²) in [7, 11) is 0. The number of nitrogens with zero attached hydrogens (tertiary/aromatic N) is 8. The zero-order chi connectivity index (χ0) is 23.0. The van der Waals surface area contributed by atoms with E-state index < -0.39 is 0 Å². The lowest BCUT2D eigenvalue weighted by Crippen LogP contribution is -1.99. The van der Waals surface area contributed by atoms with E-state index >= 15 is 0 Å². The van der Waals surface area contributed by atoms with Crippen LogP contribution in [0.1, 0.15) is 11.1 Å². The number of rotatable bonds is 6. The van der Waals surface area contributed by atoms with E-state index in [2.05, 4.69) is 40.3 Å². The molecule has 0 unspecified atom stereocenters. The van der Waals surface area contributed by atoms with Gasteiger partial charge in [0.15, 0.2) is 0 Å². The number of benzene rings is 2. The molecule has 0 spiro atoms. The summed E-state index contributed by atoms with van der Waals surface area (Å²) in [5, 5.41) is 17.0. The van der Waals surface area contributed by atoms with Crippen LogP contribution < -0.4 is 0 Å². The first kappa shape index (κ1) is 20.9. The van der Waals surface area contributed by atoms with Crippen LogP contribution in [0.2, 0.25) is 0 Å². The third kappa shape index (κ3) is 5.25. The van der Waals surface area contributed by atoms with E-state index in [0.717, 1.165) is 33.6 Å². The Morgan fingerprint density at radius 2 is 0.794 bits per heavy atom. The maximum absolute atomic E-state index is 4.46. The lowest BCUT2D eigenvalue weighted by atomic mass is 10.2. The van der Waals surface area contributed by atoms with Gasteiger partial charge in [0.1, 0.15) is 0 Å². The van der Waals surface area contributed by atoms with Gasteiger partial charge in [0.25, 0.3) is 0 Å². The molecule has 0 aliphatic heterocycles. The molecule has 0 aliphatic rings. The lowest BCUT2D eigenvalue weighted by molar-refractivity contribution is 0.876. The van der Waals surface area contributed by atoms with Gasteiger partial charge in [-0.1, -0.05) is 0 Å². The van der Waals surface area contributed by atoms with Crippen molar-refractivity contribution in [2.75, 3.05) is 0 Å². The van der Waals surface area contributed by atoms with Crippen molar-refractivity contribution in [1.29, 1.82) is 0 Å². The largest absolute Gasteiger partial charge is 0.265 e. The van der Waals surface area contributed by atoms with Crippen LogP contribution in [0.3, 0.4) is 0 Å². The SMILES string of the molecule is C(=Nc1ccc(-c2nnc(-c3ccc(N=Cc4ccncc4)cc3)nn2)cc1)c1ccncc1. The molecule has 0 saturated heterocycles. The van der Waals surface area contributed by atoms with Gasteiger partial charge in [-0.2, -0.15) is 0 Å². The summed E-state index contributed by atoms with van der Waals surface area (Å²) in [6, 6.07) is 22.8. The van der Waals surface area contributed by atoms with Gasteiger partial charge < -0.3 is 0 Å². The molecule has 2 aromatic carbocycles. The van der Waals surface area contributed by atoms with E-state index in [1.807, 2.05) is 72.8 Å². The summed E-state index contributed by atoms with van der Waals surface area (Å²) in [6.45, 7) is 0. The summed E-state index contributed by atoms with van der Waals surface area (Å²) < 4.78 is 0. The van der Waals surface area contributed by atoms with Crippen molar-refractivity contribution in [1.82, 2.24) is 30.4 Å². The maximum Gasteiger partial charge on any atom is 0.203 e. The molecule has 0 fully saturated rings. The standard InChI is InChI=1S/C26H18N8/c1-5-23(29-17-19-9-13-27-14-10-19)6-2-21(1)25-31-33-26(34-32-25)22-3-7-24(8-4-22)30-18-20-11-15-28-16-12-20/h1-18H. The fraction of sp³-hybridized carbons (Fsp3) is 0. The van der Waals surface area contributed by atoms with Gasteiger partial charge in [0.05, 0.1) is 11.4 Å². The predicted molar refractivity (Wildman–Crippen MR) is 131 cm³/mol. The third-order valence-electron chi connectivity index (χ3n) is 4.87.